The molecule has 0 amide bonds. The maximum Gasteiger partial charge on any atom is 0.193 e. The summed E-state index contributed by atoms with van der Waals surface area (Å²) in [6.45, 7) is 3.83. The largest absolute Gasteiger partial charge is 0.314 e. The number of Topliss-reactive ketones (excluding diaryl/α,β-unsaturated/α-hetero) is 1. The first-order chi connectivity index (χ1) is 8.24. The molecule has 4 heteroatoms. The summed E-state index contributed by atoms with van der Waals surface area (Å²) in [5.74, 6) is -0.458. The molecule has 17 heavy (non-hydrogen) atoms. The average molecular weight is 238 g/mol. The third-order valence-electron chi connectivity index (χ3n) is 2.56. The van der Waals surface area contributed by atoms with Gasteiger partial charge in [0.1, 0.15) is 0 Å². The van der Waals surface area contributed by atoms with Gasteiger partial charge in [-0.1, -0.05) is 30.3 Å². The van der Waals surface area contributed by atoms with Crippen LogP contribution in [0.25, 0.3) is 0 Å². The molecule has 0 aliphatic carbocycles. The minimum absolute atomic E-state index is 0.435. The summed E-state index contributed by atoms with van der Waals surface area (Å²) >= 11 is 0. The second kappa shape index (κ2) is 7.92. The first kappa shape index (κ1) is 13.8. The number of nitrogens with one attached hydrogen (secondary N) is 1. The molecule has 1 heterocycles. The van der Waals surface area contributed by atoms with E-state index in [9.17, 15) is 9.18 Å². The maximum atomic E-state index is 11.7. The van der Waals surface area contributed by atoms with E-state index in [0.29, 0.717) is 5.56 Å². The van der Waals surface area contributed by atoms with Crippen LogP contribution in [-0.2, 0) is 0 Å². The molecule has 0 radical (unpaired) electrons. The lowest BCUT2D eigenvalue weighted by molar-refractivity contribution is 0.0958. The predicted molar refractivity (Wildman–Crippen MR) is 67.1 cm³/mol. The number of alkyl halides is 1. The van der Waals surface area contributed by atoms with Gasteiger partial charge in [-0.2, -0.15) is 0 Å². The fraction of sp³-hybridized carbons (Fsp3) is 0.462. The molecule has 0 aromatic heterocycles. The Balaban J connectivity index is 0.000000181. The molecule has 1 N–H and O–H groups in total. The number of carbonyl (C=O) groups excluding carboxylic acids is 1. The molecular formula is C13H19FN2O. The first-order valence-electron chi connectivity index (χ1n) is 5.77. The number of ketones is 1. The van der Waals surface area contributed by atoms with E-state index in [-0.39, 0.29) is 0 Å². The van der Waals surface area contributed by atoms with Crippen molar-refractivity contribution in [2.24, 2.45) is 0 Å². The molecule has 1 saturated heterocycles. The lowest BCUT2D eigenvalue weighted by atomic mass is 10.1. The summed E-state index contributed by atoms with van der Waals surface area (Å²) < 4.78 is 11.7. The van der Waals surface area contributed by atoms with Gasteiger partial charge in [0.25, 0.3) is 0 Å². The van der Waals surface area contributed by atoms with Gasteiger partial charge in [-0.05, 0) is 7.05 Å². The lowest BCUT2D eigenvalue weighted by Gasteiger charge is -2.21. The predicted octanol–water partition coefficient (Wildman–Crippen LogP) is 1.36. The Morgan fingerprint density at radius 2 is 1.88 bits per heavy atom. The molecular weight excluding hydrogens is 219 g/mol. The molecule has 94 valence electrons. The van der Waals surface area contributed by atoms with Crippen LogP contribution in [-0.4, -0.2) is 50.6 Å². The molecule has 1 fully saturated rings. The zero-order chi connectivity index (χ0) is 12.5. The standard InChI is InChI=1S/C8H7FO.C5H12N2/c9-6-8(10)7-4-2-1-3-5-7;1-7-4-2-6-3-5-7/h1-5H,6H2;6H,2-5H2,1H3. The normalized spacial score (nSPS) is 15.9. The molecule has 2 rings (SSSR count). The summed E-state index contributed by atoms with van der Waals surface area (Å²) in [4.78, 5) is 13.0. The Hall–Kier alpha value is -1.26. The third-order valence-corrected chi connectivity index (χ3v) is 2.56. The van der Waals surface area contributed by atoms with Crippen molar-refractivity contribution >= 4 is 5.78 Å². The van der Waals surface area contributed by atoms with E-state index in [1.807, 2.05) is 0 Å². The van der Waals surface area contributed by atoms with Crippen LogP contribution in [0, 0.1) is 0 Å². The highest BCUT2D eigenvalue weighted by atomic mass is 19.1. The highest BCUT2D eigenvalue weighted by Crippen LogP contribution is 1.99. The van der Waals surface area contributed by atoms with Gasteiger partial charge < -0.3 is 10.2 Å². The molecule has 1 aromatic rings. The Morgan fingerprint density at radius 3 is 2.29 bits per heavy atom. The summed E-state index contributed by atoms with van der Waals surface area (Å²) in [5, 5.41) is 3.27. The van der Waals surface area contributed by atoms with Gasteiger partial charge in [0.15, 0.2) is 12.5 Å². The van der Waals surface area contributed by atoms with Crippen LogP contribution in [0.3, 0.4) is 0 Å². The number of rotatable bonds is 2. The van der Waals surface area contributed by atoms with Gasteiger partial charge in [-0.25, -0.2) is 4.39 Å². The van der Waals surface area contributed by atoms with Crippen LogP contribution in [0.5, 0.6) is 0 Å². The fourth-order valence-corrected chi connectivity index (χ4v) is 1.48. The highest BCUT2D eigenvalue weighted by Gasteiger charge is 2.01. The summed E-state index contributed by atoms with van der Waals surface area (Å²) in [7, 11) is 2.15. The second-order valence-corrected chi connectivity index (χ2v) is 3.98. The Morgan fingerprint density at radius 1 is 1.29 bits per heavy atom. The Bertz CT molecular complexity index is 323. The van der Waals surface area contributed by atoms with E-state index in [0.717, 1.165) is 13.1 Å². The minimum Gasteiger partial charge on any atom is -0.314 e. The number of carbonyl (C=O) groups is 1. The van der Waals surface area contributed by atoms with Crippen molar-refractivity contribution in [3.63, 3.8) is 0 Å². The number of benzene rings is 1. The number of nitrogens with zero attached hydrogens (tertiary/aromatic N) is 1. The van der Waals surface area contributed by atoms with Crippen molar-refractivity contribution in [3.8, 4) is 0 Å². The van der Waals surface area contributed by atoms with Crippen LogP contribution in [0.15, 0.2) is 30.3 Å². The van der Waals surface area contributed by atoms with Crippen molar-refractivity contribution in [1.82, 2.24) is 10.2 Å². The van der Waals surface area contributed by atoms with Crippen molar-refractivity contribution < 1.29 is 9.18 Å². The molecule has 1 aliphatic rings. The van der Waals surface area contributed by atoms with Crippen LogP contribution >= 0.6 is 0 Å². The summed E-state index contributed by atoms with van der Waals surface area (Å²) in [5.41, 5.74) is 0.435. The van der Waals surface area contributed by atoms with E-state index in [4.69, 9.17) is 0 Å². The Kier molecular flexibility index (Phi) is 6.43. The topological polar surface area (TPSA) is 32.3 Å². The number of piperazine rings is 1. The van der Waals surface area contributed by atoms with Crippen molar-refractivity contribution in [2.45, 2.75) is 0 Å². The number of hydrogen-bond acceptors (Lipinski definition) is 3. The molecule has 1 aromatic carbocycles. The molecule has 3 nitrogen and oxygen atoms in total. The summed E-state index contributed by atoms with van der Waals surface area (Å²) in [6, 6.07) is 8.41. The molecule has 1 aliphatic heterocycles. The molecule has 0 unspecified atom stereocenters. The molecule has 0 saturated carbocycles. The van der Waals surface area contributed by atoms with Gasteiger partial charge in [-0.15, -0.1) is 0 Å². The second-order valence-electron chi connectivity index (χ2n) is 3.98. The van der Waals surface area contributed by atoms with Crippen molar-refractivity contribution in [1.29, 1.82) is 0 Å². The van der Waals surface area contributed by atoms with Crippen molar-refractivity contribution in [3.05, 3.63) is 35.9 Å². The van der Waals surface area contributed by atoms with Crippen LogP contribution < -0.4 is 5.32 Å². The van der Waals surface area contributed by atoms with Gasteiger partial charge in [0, 0.05) is 31.7 Å². The fourth-order valence-electron chi connectivity index (χ4n) is 1.48. The van der Waals surface area contributed by atoms with Gasteiger partial charge in [-0.3, -0.25) is 4.79 Å². The highest BCUT2D eigenvalue weighted by molar-refractivity contribution is 5.96. The van der Waals surface area contributed by atoms with Crippen molar-refractivity contribution in [2.75, 3.05) is 39.9 Å². The number of likely N-dealkylation sites (N-methyl/N-ethyl adjacent to an activating group) is 1. The third kappa shape index (κ3) is 5.56. The first-order valence-corrected chi connectivity index (χ1v) is 5.77. The van der Waals surface area contributed by atoms with Gasteiger partial charge >= 0.3 is 0 Å². The molecule has 0 bridgehead atoms. The van der Waals surface area contributed by atoms with Gasteiger partial charge in [0.05, 0.1) is 0 Å². The van der Waals surface area contributed by atoms with Crippen LogP contribution in [0.4, 0.5) is 4.39 Å². The van der Waals surface area contributed by atoms with E-state index < -0.39 is 12.5 Å². The molecule has 0 spiro atoms. The van der Waals surface area contributed by atoms with E-state index >= 15 is 0 Å². The number of halogens is 1. The quantitative estimate of drug-likeness (QED) is 0.790. The molecule has 0 atom stereocenters. The monoisotopic (exact) mass is 238 g/mol. The average Bonchev–Trinajstić information content (AvgIpc) is 2.40. The maximum absolute atomic E-state index is 11.7. The SMILES string of the molecule is CN1CCNCC1.O=C(CF)c1ccccc1. The summed E-state index contributed by atoms with van der Waals surface area (Å²) in [6.07, 6.45) is 0. The van der Waals surface area contributed by atoms with E-state index in [1.165, 1.54) is 13.1 Å². The Labute approximate surface area is 102 Å². The number of hydrogen-bond donors (Lipinski definition) is 1. The van der Waals surface area contributed by atoms with Gasteiger partial charge in [0.2, 0.25) is 0 Å². The zero-order valence-corrected chi connectivity index (χ0v) is 10.2. The van der Waals surface area contributed by atoms with Crippen LogP contribution in [0.1, 0.15) is 10.4 Å². The van der Waals surface area contributed by atoms with E-state index in [2.05, 4.69) is 17.3 Å². The minimum atomic E-state index is -0.913. The zero-order valence-electron chi connectivity index (χ0n) is 10.2. The lowest BCUT2D eigenvalue weighted by Crippen LogP contribution is -2.40. The smallest absolute Gasteiger partial charge is 0.193 e. The van der Waals surface area contributed by atoms with E-state index in [1.54, 1.807) is 30.3 Å². The van der Waals surface area contributed by atoms with Crippen LogP contribution in [0.2, 0.25) is 0 Å².